The van der Waals surface area contributed by atoms with E-state index in [9.17, 15) is 9.18 Å². The zero-order valence-corrected chi connectivity index (χ0v) is 14.6. The molecule has 23 heavy (non-hydrogen) atoms. The third kappa shape index (κ3) is 2.75. The summed E-state index contributed by atoms with van der Waals surface area (Å²) in [5.41, 5.74) is 0.458. The molecule has 1 aromatic carbocycles. The molecule has 1 N–H and O–H groups in total. The summed E-state index contributed by atoms with van der Waals surface area (Å²) in [7, 11) is 0. The van der Waals surface area contributed by atoms with E-state index in [1.54, 1.807) is 6.07 Å². The van der Waals surface area contributed by atoms with Crippen molar-refractivity contribution in [2.75, 3.05) is 5.32 Å². The summed E-state index contributed by atoms with van der Waals surface area (Å²) in [5, 5.41) is 2.87. The number of rotatable bonds is 2. The quantitative estimate of drug-likeness (QED) is 0.700. The van der Waals surface area contributed by atoms with Crippen molar-refractivity contribution in [3.8, 4) is 0 Å². The zero-order chi connectivity index (χ0) is 16.4. The van der Waals surface area contributed by atoms with Gasteiger partial charge >= 0.3 is 0 Å². The molecule has 1 amide bonds. The monoisotopic (exact) mass is 375 g/mol. The number of anilines is 1. The highest BCUT2D eigenvalue weighted by molar-refractivity contribution is 6.51. The lowest BCUT2D eigenvalue weighted by atomic mass is 10.0. The van der Waals surface area contributed by atoms with Crippen LogP contribution >= 0.6 is 34.8 Å². The van der Waals surface area contributed by atoms with Crippen LogP contribution in [0.3, 0.4) is 0 Å². The fourth-order valence-electron chi connectivity index (χ4n) is 4.41. The van der Waals surface area contributed by atoms with E-state index in [-0.39, 0.29) is 16.8 Å². The number of fused-ring (bicyclic) bond motifs is 2. The Hall–Kier alpha value is -0.510. The molecule has 0 aromatic heterocycles. The first-order chi connectivity index (χ1) is 10.9. The highest BCUT2D eigenvalue weighted by atomic mass is 35.5. The molecule has 1 unspecified atom stereocenters. The van der Waals surface area contributed by atoms with E-state index in [4.69, 9.17) is 34.8 Å². The van der Waals surface area contributed by atoms with E-state index in [0.29, 0.717) is 29.4 Å². The van der Waals surface area contributed by atoms with Crippen LogP contribution in [0.15, 0.2) is 18.2 Å². The van der Waals surface area contributed by atoms with E-state index in [0.717, 1.165) is 25.7 Å². The third-order valence-electron chi connectivity index (χ3n) is 5.81. The van der Waals surface area contributed by atoms with E-state index in [2.05, 4.69) is 5.32 Å². The first-order valence-corrected chi connectivity index (χ1v) is 9.16. The van der Waals surface area contributed by atoms with Gasteiger partial charge in [-0.3, -0.25) is 4.79 Å². The molecule has 0 radical (unpaired) electrons. The van der Waals surface area contributed by atoms with Crippen LogP contribution in [0.1, 0.15) is 25.7 Å². The molecule has 4 rings (SSSR count). The fourth-order valence-corrected chi connectivity index (χ4v) is 5.45. The van der Waals surface area contributed by atoms with Gasteiger partial charge in [-0.1, -0.05) is 11.6 Å². The maximum Gasteiger partial charge on any atom is 0.228 e. The SMILES string of the molecule is O=C(Nc1ccc(Cl)c(F)c1)C1[C@H]2CC[C@@H]3[C@H](CC[C@@H]12)C3(Cl)Cl. The summed E-state index contributed by atoms with van der Waals surface area (Å²) in [5.74, 6) is 1.11. The fraction of sp³-hybridized carbons (Fsp3) is 0.588. The van der Waals surface area contributed by atoms with Gasteiger partial charge in [0.05, 0.1) is 5.02 Å². The average molecular weight is 377 g/mol. The van der Waals surface area contributed by atoms with Gasteiger partial charge in [-0.2, -0.15) is 0 Å². The average Bonchev–Trinajstić information content (AvgIpc) is 3.27. The highest BCUT2D eigenvalue weighted by Gasteiger charge is 2.65. The molecule has 124 valence electrons. The maximum atomic E-state index is 13.5. The Morgan fingerprint density at radius 2 is 1.74 bits per heavy atom. The molecule has 0 heterocycles. The van der Waals surface area contributed by atoms with E-state index in [1.165, 1.54) is 12.1 Å². The summed E-state index contributed by atoms with van der Waals surface area (Å²) in [4.78, 5) is 12.5. The zero-order valence-electron chi connectivity index (χ0n) is 12.4. The molecule has 5 atom stereocenters. The molecule has 0 bridgehead atoms. The van der Waals surface area contributed by atoms with Crippen molar-refractivity contribution in [3.63, 3.8) is 0 Å². The summed E-state index contributed by atoms with van der Waals surface area (Å²) in [6.45, 7) is 0. The van der Waals surface area contributed by atoms with Crippen LogP contribution in [-0.2, 0) is 4.79 Å². The second kappa shape index (κ2) is 5.50. The second-order valence-corrected chi connectivity index (χ2v) is 8.87. The maximum absolute atomic E-state index is 13.5. The molecular formula is C17H17Cl3FNO. The van der Waals surface area contributed by atoms with Gasteiger partial charge in [0.15, 0.2) is 0 Å². The lowest BCUT2D eigenvalue weighted by Crippen LogP contribution is -2.16. The Morgan fingerprint density at radius 3 is 2.30 bits per heavy atom. The van der Waals surface area contributed by atoms with Crippen molar-refractivity contribution in [3.05, 3.63) is 29.0 Å². The van der Waals surface area contributed by atoms with Crippen LogP contribution in [0.25, 0.3) is 0 Å². The Bertz CT molecular complexity index is 643. The molecule has 6 heteroatoms. The van der Waals surface area contributed by atoms with E-state index in [1.807, 2.05) is 0 Å². The lowest BCUT2D eigenvalue weighted by Gasteiger charge is -2.06. The van der Waals surface area contributed by atoms with Crippen molar-refractivity contribution in [1.82, 2.24) is 0 Å². The molecular weight excluding hydrogens is 360 g/mol. The predicted octanol–water partition coefficient (Wildman–Crippen LogP) is 5.27. The minimum atomic E-state index is -0.532. The molecule has 2 nitrogen and oxygen atoms in total. The van der Waals surface area contributed by atoms with Crippen molar-refractivity contribution < 1.29 is 9.18 Å². The molecule has 3 fully saturated rings. The van der Waals surface area contributed by atoms with Crippen molar-refractivity contribution in [2.45, 2.75) is 30.0 Å². The number of alkyl halides is 2. The Morgan fingerprint density at radius 1 is 1.13 bits per heavy atom. The van der Waals surface area contributed by atoms with Crippen LogP contribution in [0.4, 0.5) is 10.1 Å². The number of amides is 1. The highest BCUT2D eigenvalue weighted by Crippen LogP contribution is 2.67. The standard InChI is InChI=1S/C17H17Cl3FNO/c18-13-6-1-8(7-14(13)21)22-16(23)15-9-2-4-11-12(17(11,19)20)5-3-10(9)15/h1,6-7,9-12,15H,2-5H2,(H,22,23)/t9-,10+,11+,12-,15?. The minimum Gasteiger partial charge on any atom is -0.326 e. The van der Waals surface area contributed by atoms with Gasteiger partial charge < -0.3 is 5.32 Å². The molecule has 0 saturated heterocycles. The number of halogens is 4. The normalized spacial score (nSPS) is 37.0. The van der Waals surface area contributed by atoms with Gasteiger partial charge in [0.25, 0.3) is 0 Å². The molecule has 3 aliphatic rings. The summed E-state index contributed by atoms with van der Waals surface area (Å²) in [6, 6.07) is 4.34. The van der Waals surface area contributed by atoms with Gasteiger partial charge in [-0.25, -0.2) is 4.39 Å². The van der Waals surface area contributed by atoms with Crippen LogP contribution < -0.4 is 5.32 Å². The van der Waals surface area contributed by atoms with Gasteiger partial charge in [0.1, 0.15) is 10.2 Å². The Kier molecular flexibility index (Phi) is 3.82. The van der Waals surface area contributed by atoms with E-state index < -0.39 is 10.2 Å². The van der Waals surface area contributed by atoms with Gasteiger partial charge in [-0.15, -0.1) is 23.2 Å². The number of benzene rings is 1. The molecule has 3 saturated carbocycles. The van der Waals surface area contributed by atoms with Gasteiger partial charge in [0, 0.05) is 11.6 Å². The number of carbonyl (C=O) groups is 1. The molecule has 0 aliphatic heterocycles. The van der Waals surface area contributed by atoms with Crippen LogP contribution in [0, 0.1) is 35.4 Å². The van der Waals surface area contributed by atoms with Gasteiger partial charge in [0.2, 0.25) is 5.91 Å². The van der Waals surface area contributed by atoms with E-state index >= 15 is 0 Å². The first-order valence-electron chi connectivity index (χ1n) is 8.03. The number of hydrogen-bond acceptors (Lipinski definition) is 1. The Labute approximate surface area is 149 Å². The molecule has 0 spiro atoms. The lowest BCUT2D eigenvalue weighted by molar-refractivity contribution is -0.117. The summed E-state index contributed by atoms with van der Waals surface area (Å²) < 4.78 is 12.9. The smallest absolute Gasteiger partial charge is 0.228 e. The number of nitrogens with one attached hydrogen (secondary N) is 1. The molecule has 1 aromatic rings. The molecule has 3 aliphatic carbocycles. The summed E-state index contributed by atoms with van der Waals surface area (Å²) in [6.07, 6.45) is 4.00. The second-order valence-electron chi connectivity index (χ2n) is 7.01. The van der Waals surface area contributed by atoms with Crippen molar-refractivity contribution >= 4 is 46.4 Å². The van der Waals surface area contributed by atoms with Crippen LogP contribution in [-0.4, -0.2) is 10.2 Å². The summed E-state index contributed by atoms with van der Waals surface area (Å²) >= 11 is 18.2. The number of hydrogen-bond donors (Lipinski definition) is 1. The van der Waals surface area contributed by atoms with Crippen molar-refractivity contribution in [1.29, 1.82) is 0 Å². The third-order valence-corrected chi connectivity index (χ3v) is 7.24. The van der Waals surface area contributed by atoms with Gasteiger partial charge in [-0.05, 0) is 67.6 Å². The Balaban J connectivity index is 1.38. The number of carbonyl (C=O) groups excluding carboxylic acids is 1. The predicted molar refractivity (Wildman–Crippen MR) is 90.4 cm³/mol. The first kappa shape index (κ1) is 16.0. The van der Waals surface area contributed by atoms with Crippen molar-refractivity contribution in [2.24, 2.45) is 29.6 Å². The van der Waals surface area contributed by atoms with Crippen LogP contribution in [0.5, 0.6) is 0 Å². The van der Waals surface area contributed by atoms with Crippen LogP contribution in [0.2, 0.25) is 5.02 Å². The largest absolute Gasteiger partial charge is 0.326 e. The minimum absolute atomic E-state index is 0.0136. The topological polar surface area (TPSA) is 29.1 Å².